The molecule has 0 amide bonds. The van der Waals surface area contributed by atoms with Crippen LogP contribution in [0.5, 0.6) is 0 Å². The summed E-state index contributed by atoms with van der Waals surface area (Å²) in [5.74, 6) is 1.15. The second-order valence-electron chi connectivity index (χ2n) is 4.35. The number of methoxy groups -OCH3 is 1. The minimum atomic E-state index is -0.794. The van der Waals surface area contributed by atoms with Crippen LogP contribution >= 0.6 is 0 Å². The first-order valence-corrected chi connectivity index (χ1v) is 5.36. The Morgan fingerprint density at radius 1 is 1.56 bits per heavy atom. The molecule has 0 saturated heterocycles. The average Bonchev–Trinajstić information content (AvgIpc) is 2.75. The lowest BCUT2D eigenvalue weighted by Crippen LogP contribution is -2.37. The number of hydrogen-bond acceptors (Lipinski definition) is 4. The van der Waals surface area contributed by atoms with E-state index in [0.717, 1.165) is 12.2 Å². The van der Waals surface area contributed by atoms with Crippen molar-refractivity contribution in [3.8, 4) is 0 Å². The summed E-state index contributed by atoms with van der Waals surface area (Å²) in [6, 6.07) is 3.19. The number of hydrogen-bond donors (Lipinski definition) is 1. The Labute approximate surface area is 95.8 Å². The molecule has 0 saturated carbocycles. The molecule has 1 rings (SSSR count). The van der Waals surface area contributed by atoms with Crippen LogP contribution in [0.15, 0.2) is 16.5 Å². The summed E-state index contributed by atoms with van der Waals surface area (Å²) in [5.41, 5.74) is 5.23. The summed E-state index contributed by atoms with van der Waals surface area (Å²) in [6.07, 6.45) is 0.811. The third-order valence-electron chi connectivity index (χ3n) is 2.83. The Bertz CT molecular complexity index is 368. The first kappa shape index (κ1) is 12.8. The molecule has 1 heterocycles. The Balaban J connectivity index is 2.92. The number of ether oxygens (including phenoxy) is 1. The molecule has 1 aromatic heterocycles. The number of carbonyl (C=O) groups excluding carboxylic acids is 1. The molecular weight excluding hydrogens is 206 g/mol. The van der Waals surface area contributed by atoms with E-state index in [1.165, 1.54) is 7.11 Å². The summed E-state index contributed by atoms with van der Waals surface area (Å²) in [6.45, 7) is 5.49. The van der Waals surface area contributed by atoms with Crippen molar-refractivity contribution in [2.24, 2.45) is 11.1 Å². The van der Waals surface area contributed by atoms with Crippen LogP contribution < -0.4 is 5.73 Å². The van der Waals surface area contributed by atoms with E-state index in [1.54, 1.807) is 13.8 Å². The van der Waals surface area contributed by atoms with E-state index in [-0.39, 0.29) is 5.97 Å². The molecule has 2 N–H and O–H groups in total. The fourth-order valence-corrected chi connectivity index (χ4v) is 1.50. The molecular formula is C12H19NO3. The smallest absolute Gasteiger partial charge is 0.313 e. The van der Waals surface area contributed by atoms with Crippen molar-refractivity contribution in [3.05, 3.63) is 23.7 Å². The Hall–Kier alpha value is -1.29. The Kier molecular flexibility index (Phi) is 3.75. The van der Waals surface area contributed by atoms with Gasteiger partial charge in [0, 0.05) is 6.42 Å². The van der Waals surface area contributed by atoms with Gasteiger partial charge >= 0.3 is 5.97 Å². The van der Waals surface area contributed by atoms with Crippen molar-refractivity contribution in [1.82, 2.24) is 0 Å². The third kappa shape index (κ3) is 2.27. The maximum atomic E-state index is 11.6. The maximum Gasteiger partial charge on any atom is 0.313 e. The fraction of sp³-hybridized carbons (Fsp3) is 0.583. The van der Waals surface area contributed by atoms with E-state index in [4.69, 9.17) is 14.9 Å². The highest BCUT2D eigenvalue weighted by Crippen LogP contribution is 2.33. The van der Waals surface area contributed by atoms with Gasteiger partial charge in [-0.25, -0.2) is 0 Å². The first-order valence-electron chi connectivity index (χ1n) is 5.36. The van der Waals surface area contributed by atoms with Crippen LogP contribution in [0, 0.1) is 5.41 Å². The zero-order chi connectivity index (χ0) is 12.3. The third-order valence-corrected chi connectivity index (χ3v) is 2.83. The van der Waals surface area contributed by atoms with Gasteiger partial charge in [-0.3, -0.25) is 4.79 Å². The predicted octanol–water partition coefficient (Wildman–Crippen LogP) is 2.04. The van der Waals surface area contributed by atoms with Crippen LogP contribution in [0.2, 0.25) is 0 Å². The molecule has 0 fully saturated rings. The van der Waals surface area contributed by atoms with Gasteiger partial charge in [0.05, 0.1) is 18.6 Å². The number of furan rings is 1. The van der Waals surface area contributed by atoms with E-state index < -0.39 is 11.5 Å². The van der Waals surface area contributed by atoms with Crippen molar-refractivity contribution in [2.45, 2.75) is 33.2 Å². The molecule has 0 radical (unpaired) electrons. The SMILES string of the molecule is CCc1ccc([C@@H](N)C(C)(C)C(=O)OC)o1. The molecule has 0 aliphatic rings. The highest BCUT2D eigenvalue weighted by atomic mass is 16.5. The monoisotopic (exact) mass is 225 g/mol. The summed E-state index contributed by atoms with van der Waals surface area (Å²) in [4.78, 5) is 11.6. The van der Waals surface area contributed by atoms with Crippen molar-refractivity contribution >= 4 is 5.97 Å². The molecule has 90 valence electrons. The standard InChI is InChI=1S/C12H19NO3/c1-5-8-6-7-9(16-8)10(13)12(2,3)11(14)15-4/h6-7,10H,5,13H2,1-4H3/t10-/m1/s1. The van der Waals surface area contributed by atoms with Crippen LogP contribution in [0.3, 0.4) is 0 Å². The summed E-state index contributed by atoms with van der Waals surface area (Å²) in [5, 5.41) is 0. The van der Waals surface area contributed by atoms with Crippen LogP contribution in [-0.2, 0) is 16.0 Å². The van der Waals surface area contributed by atoms with E-state index in [2.05, 4.69) is 0 Å². The van der Waals surface area contributed by atoms with Crippen LogP contribution in [0.4, 0.5) is 0 Å². The number of rotatable bonds is 4. The normalized spacial score (nSPS) is 13.6. The van der Waals surface area contributed by atoms with Gasteiger partial charge in [-0.15, -0.1) is 0 Å². The fourth-order valence-electron chi connectivity index (χ4n) is 1.50. The molecule has 0 bridgehead atoms. The van der Waals surface area contributed by atoms with Gasteiger partial charge in [-0.05, 0) is 26.0 Å². The van der Waals surface area contributed by atoms with Gasteiger partial charge in [-0.1, -0.05) is 6.92 Å². The Morgan fingerprint density at radius 2 is 2.19 bits per heavy atom. The van der Waals surface area contributed by atoms with Crippen LogP contribution in [0.1, 0.15) is 38.3 Å². The van der Waals surface area contributed by atoms with Gasteiger partial charge in [0.25, 0.3) is 0 Å². The number of esters is 1. The zero-order valence-electron chi connectivity index (χ0n) is 10.2. The van der Waals surface area contributed by atoms with E-state index in [1.807, 2.05) is 19.1 Å². The predicted molar refractivity (Wildman–Crippen MR) is 60.8 cm³/mol. The molecule has 16 heavy (non-hydrogen) atoms. The molecule has 0 spiro atoms. The van der Waals surface area contributed by atoms with Gasteiger partial charge in [-0.2, -0.15) is 0 Å². The highest BCUT2D eigenvalue weighted by molar-refractivity contribution is 5.76. The minimum Gasteiger partial charge on any atom is -0.469 e. The van der Waals surface area contributed by atoms with Gasteiger partial charge in [0.2, 0.25) is 0 Å². The second-order valence-corrected chi connectivity index (χ2v) is 4.35. The van der Waals surface area contributed by atoms with Crippen LogP contribution in [-0.4, -0.2) is 13.1 Å². The van der Waals surface area contributed by atoms with Crippen molar-refractivity contribution in [2.75, 3.05) is 7.11 Å². The summed E-state index contributed by atoms with van der Waals surface area (Å²) in [7, 11) is 1.36. The molecule has 1 atom stereocenters. The van der Waals surface area contributed by atoms with Crippen molar-refractivity contribution in [1.29, 1.82) is 0 Å². The molecule has 4 heteroatoms. The number of nitrogens with two attached hydrogens (primary N) is 1. The quantitative estimate of drug-likeness (QED) is 0.796. The van der Waals surface area contributed by atoms with E-state index in [9.17, 15) is 4.79 Å². The molecule has 0 aliphatic heterocycles. The summed E-state index contributed by atoms with van der Waals surface area (Å²) >= 11 is 0. The van der Waals surface area contributed by atoms with E-state index >= 15 is 0 Å². The van der Waals surface area contributed by atoms with Crippen molar-refractivity contribution in [3.63, 3.8) is 0 Å². The lowest BCUT2D eigenvalue weighted by Gasteiger charge is -2.26. The summed E-state index contributed by atoms with van der Waals surface area (Å²) < 4.78 is 10.3. The molecule has 1 aromatic rings. The Morgan fingerprint density at radius 3 is 2.62 bits per heavy atom. The average molecular weight is 225 g/mol. The largest absolute Gasteiger partial charge is 0.469 e. The lowest BCUT2D eigenvalue weighted by atomic mass is 9.83. The van der Waals surface area contributed by atoms with Gasteiger partial charge in [0.15, 0.2) is 0 Å². The number of aryl methyl sites for hydroxylation is 1. The van der Waals surface area contributed by atoms with Crippen LogP contribution in [0.25, 0.3) is 0 Å². The lowest BCUT2D eigenvalue weighted by molar-refractivity contribution is -0.152. The first-order chi connectivity index (χ1) is 7.43. The van der Waals surface area contributed by atoms with Gasteiger partial charge < -0.3 is 14.9 Å². The molecule has 0 aliphatic carbocycles. The highest BCUT2D eigenvalue weighted by Gasteiger charge is 2.38. The molecule has 0 unspecified atom stereocenters. The molecule has 4 nitrogen and oxygen atoms in total. The minimum absolute atomic E-state index is 0.338. The second kappa shape index (κ2) is 4.70. The van der Waals surface area contributed by atoms with Gasteiger partial charge in [0.1, 0.15) is 11.5 Å². The topological polar surface area (TPSA) is 65.5 Å². The maximum absolute atomic E-state index is 11.6. The van der Waals surface area contributed by atoms with E-state index in [0.29, 0.717) is 5.76 Å². The van der Waals surface area contributed by atoms with Crippen molar-refractivity contribution < 1.29 is 13.9 Å². The zero-order valence-corrected chi connectivity index (χ0v) is 10.2. The number of carbonyl (C=O) groups is 1. The molecule has 0 aromatic carbocycles.